The molecule has 2 rings (SSSR count). The number of hydrogen-bond acceptors (Lipinski definition) is 5. The molecule has 134 valence electrons. The first-order chi connectivity index (χ1) is 11.9. The molecule has 0 spiro atoms. The minimum absolute atomic E-state index is 0.0663. The standard InChI is InChI=1S/C16H17ClN2O5S/c1-23-14-8-7-11(9-12(14)17)25(21,22)18-10-16(20)19-13-5-3-4-6-15(13)24-2/h3-9,18H,10H2,1-2H3,(H,19,20). The third-order valence-electron chi connectivity index (χ3n) is 3.24. The summed E-state index contributed by atoms with van der Waals surface area (Å²) in [5, 5.41) is 2.73. The SMILES string of the molecule is COc1ccc(S(=O)(=O)NCC(=O)Nc2ccccc2OC)cc1Cl. The molecule has 0 aliphatic heterocycles. The van der Waals surface area contributed by atoms with Crippen LogP contribution in [0.3, 0.4) is 0 Å². The van der Waals surface area contributed by atoms with E-state index in [1.54, 1.807) is 24.3 Å². The van der Waals surface area contributed by atoms with Gasteiger partial charge in [0.2, 0.25) is 15.9 Å². The van der Waals surface area contributed by atoms with E-state index in [4.69, 9.17) is 21.1 Å². The van der Waals surface area contributed by atoms with Gasteiger partial charge in [0.25, 0.3) is 0 Å². The Kier molecular flexibility index (Phi) is 6.24. The number of benzene rings is 2. The van der Waals surface area contributed by atoms with E-state index in [-0.39, 0.29) is 9.92 Å². The van der Waals surface area contributed by atoms with Crippen LogP contribution < -0.4 is 19.5 Å². The molecule has 0 saturated carbocycles. The summed E-state index contributed by atoms with van der Waals surface area (Å²) >= 11 is 5.93. The number of para-hydroxylation sites is 2. The van der Waals surface area contributed by atoms with Crippen molar-refractivity contribution in [1.82, 2.24) is 4.72 Å². The zero-order chi connectivity index (χ0) is 18.4. The summed E-state index contributed by atoms with van der Waals surface area (Å²) in [4.78, 5) is 11.9. The number of anilines is 1. The van der Waals surface area contributed by atoms with Gasteiger partial charge in [-0.15, -0.1) is 0 Å². The fourth-order valence-corrected chi connectivity index (χ4v) is 3.33. The molecule has 0 aromatic heterocycles. The van der Waals surface area contributed by atoms with Crippen molar-refractivity contribution in [1.29, 1.82) is 0 Å². The number of sulfonamides is 1. The van der Waals surface area contributed by atoms with Crippen molar-refractivity contribution in [3.63, 3.8) is 0 Å². The number of halogens is 1. The average Bonchev–Trinajstić information content (AvgIpc) is 2.60. The van der Waals surface area contributed by atoms with Crippen LogP contribution in [0.1, 0.15) is 0 Å². The van der Waals surface area contributed by atoms with Crippen molar-refractivity contribution in [2.45, 2.75) is 4.90 Å². The van der Waals surface area contributed by atoms with Crippen LogP contribution in [-0.4, -0.2) is 35.1 Å². The molecule has 1 amide bonds. The Morgan fingerprint density at radius 1 is 1.08 bits per heavy atom. The van der Waals surface area contributed by atoms with E-state index >= 15 is 0 Å². The molecule has 25 heavy (non-hydrogen) atoms. The lowest BCUT2D eigenvalue weighted by molar-refractivity contribution is -0.115. The summed E-state index contributed by atoms with van der Waals surface area (Å²) in [6, 6.07) is 10.8. The van der Waals surface area contributed by atoms with Crippen molar-refractivity contribution in [2.24, 2.45) is 0 Å². The first-order valence-corrected chi connectivity index (χ1v) is 8.99. The summed E-state index contributed by atoms with van der Waals surface area (Å²) in [7, 11) is -0.993. The summed E-state index contributed by atoms with van der Waals surface area (Å²) in [5.74, 6) is 0.294. The number of carbonyl (C=O) groups is 1. The molecule has 0 unspecified atom stereocenters. The predicted molar refractivity (Wildman–Crippen MR) is 94.8 cm³/mol. The summed E-state index contributed by atoms with van der Waals surface area (Å²) in [5.41, 5.74) is 0.446. The first kappa shape index (κ1) is 19.0. The second-order valence-electron chi connectivity index (χ2n) is 4.87. The highest BCUT2D eigenvalue weighted by atomic mass is 35.5. The van der Waals surface area contributed by atoms with Crippen LogP contribution in [0.5, 0.6) is 11.5 Å². The van der Waals surface area contributed by atoms with Crippen LogP contribution in [0, 0.1) is 0 Å². The number of nitrogens with one attached hydrogen (secondary N) is 2. The second-order valence-corrected chi connectivity index (χ2v) is 7.04. The third kappa shape index (κ3) is 4.85. The van der Waals surface area contributed by atoms with E-state index < -0.39 is 22.5 Å². The molecule has 0 fully saturated rings. The van der Waals surface area contributed by atoms with Crippen LogP contribution in [0.4, 0.5) is 5.69 Å². The van der Waals surface area contributed by atoms with Gasteiger partial charge in [0.05, 0.1) is 36.4 Å². The Morgan fingerprint density at radius 3 is 2.40 bits per heavy atom. The maximum atomic E-state index is 12.2. The fourth-order valence-electron chi connectivity index (χ4n) is 2.00. The van der Waals surface area contributed by atoms with E-state index in [0.717, 1.165) is 0 Å². The first-order valence-electron chi connectivity index (χ1n) is 7.13. The summed E-state index contributed by atoms with van der Waals surface area (Å²) in [6.45, 7) is -0.440. The zero-order valence-corrected chi connectivity index (χ0v) is 15.1. The van der Waals surface area contributed by atoms with Crippen molar-refractivity contribution < 1.29 is 22.7 Å². The minimum Gasteiger partial charge on any atom is -0.495 e. The molecular weight excluding hydrogens is 368 g/mol. The molecular formula is C16H17ClN2O5S. The molecule has 0 heterocycles. The quantitative estimate of drug-likeness (QED) is 0.763. The smallest absolute Gasteiger partial charge is 0.241 e. The van der Waals surface area contributed by atoms with Crippen LogP contribution >= 0.6 is 11.6 Å². The van der Waals surface area contributed by atoms with Gasteiger partial charge in [-0.05, 0) is 30.3 Å². The number of carbonyl (C=O) groups excluding carboxylic acids is 1. The molecule has 2 aromatic carbocycles. The van der Waals surface area contributed by atoms with Crippen molar-refractivity contribution in [3.05, 3.63) is 47.5 Å². The highest BCUT2D eigenvalue weighted by molar-refractivity contribution is 7.89. The van der Waals surface area contributed by atoms with Crippen molar-refractivity contribution in [3.8, 4) is 11.5 Å². The number of rotatable bonds is 7. The molecule has 0 atom stereocenters. The van der Waals surface area contributed by atoms with Crippen LogP contribution in [-0.2, 0) is 14.8 Å². The Morgan fingerprint density at radius 2 is 1.76 bits per heavy atom. The largest absolute Gasteiger partial charge is 0.495 e. The van der Waals surface area contributed by atoms with Gasteiger partial charge in [0, 0.05) is 0 Å². The normalized spacial score (nSPS) is 11.0. The molecule has 0 aliphatic carbocycles. The monoisotopic (exact) mass is 384 g/mol. The molecule has 0 aliphatic rings. The summed E-state index contributed by atoms with van der Waals surface area (Å²) in [6.07, 6.45) is 0. The van der Waals surface area contributed by atoms with Gasteiger partial charge in [-0.2, -0.15) is 0 Å². The average molecular weight is 385 g/mol. The highest BCUT2D eigenvalue weighted by Gasteiger charge is 2.17. The minimum atomic E-state index is -3.89. The Bertz CT molecular complexity index is 871. The number of methoxy groups -OCH3 is 2. The van der Waals surface area contributed by atoms with E-state index in [2.05, 4.69) is 10.0 Å². The van der Waals surface area contributed by atoms with Gasteiger partial charge in [0.15, 0.2) is 0 Å². The van der Waals surface area contributed by atoms with Gasteiger partial charge in [-0.3, -0.25) is 4.79 Å². The van der Waals surface area contributed by atoms with Crippen LogP contribution in [0.2, 0.25) is 5.02 Å². The van der Waals surface area contributed by atoms with Gasteiger partial charge < -0.3 is 14.8 Å². The molecule has 7 nitrogen and oxygen atoms in total. The Hall–Kier alpha value is -2.29. The van der Waals surface area contributed by atoms with Gasteiger partial charge in [0.1, 0.15) is 11.5 Å². The molecule has 0 saturated heterocycles. The molecule has 0 bridgehead atoms. The van der Waals surface area contributed by atoms with Crippen molar-refractivity contribution >= 4 is 33.2 Å². The molecule has 9 heteroatoms. The van der Waals surface area contributed by atoms with Crippen LogP contribution in [0.15, 0.2) is 47.4 Å². The number of amides is 1. The fraction of sp³-hybridized carbons (Fsp3) is 0.188. The van der Waals surface area contributed by atoms with Gasteiger partial charge in [-0.25, -0.2) is 13.1 Å². The lowest BCUT2D eigenvalue weighted by atomic mass is 10.3. The molecule has 2 N–H and O–H groups in total. The van der Waals surface area contributed by atoms with Gasteiger partial charge in [-0.1, -0.05) is 23.7 Å². The Balaban J connectivity index is 2.04. The number of hydrogen-bond donors (Lipinski definition) is 2. The summed E-state index contributed by atoms with van der Waals surface area (Å²) < 4.78 is 36.8. The Labute approximate surface area is 151 Å². The maximum absolute atomic E-state index is 12.2. The number of ether oxygens (including phenoxy) is 2. The van der Waals surface area contributed by atoms with Crippen molar-refractivity contribution in [2.75, 3.05) is 26.1 Å². The van der Waals surface area contributed by atoms with E-state index in [0.29, 0.717) is 17.2 Å². The molecule has 0 radical (unpaired) electrons. The van der Waals surface area contributed by atoms with E-state index in [1.807, 2.05) is 0 Å². The lowest BCUT2D eigenvalue weighted by Gasteiger charge is -2.11. The molecule has 2 aromatic rings. The predicted octanol–water partition coefficient (Wildman–Crippen LogP) is 2.27. The highest BCUT2D eigenvalue weighted by Crippen LogP contribution is 2.27. The van der Waals surface area contributed by atoms with E-state index in [9.17, 15) is 13.2 Å². The third-order valence-corrected chi connectivity index (χ3v) is 4.93. The zero-order valence-electron chi connectivity index (χ0n) is 13.6. The second kappa shape index (κ2) is 8.19. The lowest BCUT2D eigenvalue weighted by Crippen LogP contribution is -2.33. The van der Waals surface area contributed by atoms with E-state index in [1.165, 1.54) is 32.4 Å². The maximum Gasteiger partial charge on any atom is 0.241 e. The van der Waals surface area contributed by atoms with Gasteiger partial charge >= 0.3 is 0 Å². The van der Waals surface area contributed by atoms with Crippen LogP contribution in [0.25, 0.3) is 0 Å². The topological polar surface area (TPSA) is 93.7 Å².